The number of carbonyl (C=O) groups is 1. The SMILES string of the molecule is Cc1cc(-c2c(F)c(F)cc(F)c2F)ccc1OCc1c(C)cccc1NC(=O)NN. The van der Waals surface area contributed by atoms with Gasteiger partial charge in [-0.1, -0.05) is 18.2 Å². The van der Waals surface area contributed by atoms with Crippen LogP contribution in [-0.2, 0) is 6.61 Å². The second-order valence-electron chi connectivity index (χ2n) is 6.81. The molecule has 9 heteroatoms. The van der Waals surface area contributed by atoms with Crippen molar-refractivity contribution in [1.82, 2.24) is 5.43 Å². The lowest BCUT2D eigenvalue weighted by molar-refractivity contribution is 0.252. The first-order chi connectivity index (χ1) is 14.7. The Morgan fingerprint density at radius 2 is 1.65 bits per heavy atom. The predicted molar refractivity (Wildman–Crippen MR) is 108 cm³/mol. The molecule has 0 radical (unpaired) electrons. The van der Waals surface area contributed by atoms with Crippen molar-refractivity contribution in [2.75, 3.05) is 5.32 Å². The molecule has 162 valence electrons. The van der Waals surface area contributed by atoms with Crippen molar-refractivity contribution in [2.45, 2.75) is 20.5 Å². The second-order valence-corrected chi connectivity index (χ2v) is 6.81. The normalized spacial score (nSPS) is 10.7. The van der Waals surface area contributed by atoms with Crippen molar-refractivity contribution >= 4 is 11.7 Å². The molecule has 0 aromatic heterocycles. The van der Waals surface area contributed by atoms with Crippen LogP contribution in [0.3, 0.4) is 0 Å². The molecule has 4 N–H and O–H groups in total. The molecular formula is C22H19F4N3O2. The fraction of sp³-hybridized carbons (Fsp3) is 0.136. The fourth-order valence-corrected chi connectivity index (χ4v) is 3.11. The monoisotopic (exact) mass is 433 g/mol. The van der Waals surface area contributed by atoms with Gasteiger partial charge in [-0.05, 0) is 48.7 Å². The summed E-state index contributed by atoms with van der Waals surface area (Å²) >= 11 is 0. The van der Waals surface area contributed by atoms with Crippen molar-refractivity contribution in [2.24, 2.45) is 5.84 Å². The van der Waals surface area contributed by atoms with E-state index in [1.165, 1.54) is 18.2 Å². The van der Waals surface area contributed by atoms with E-state index in [9.17, 15) is 22.4 Å². The van der Waals surface area contributed by atoms with Gasteiger partial charge >= 0.3 is 6.03 Å². The van der Waals surface area contributed by atoms with E-state index < -0.39 is 34.9 Å². The van der Waals surface area contributed by atoms with Gasteiger partial charge < -0.3 is 10.1 Å². The van der Waals surface area contributed by atoms with Crippen molar-refractivity contribution in [1.29, 1.82) is 0 Å². The highest BCUT2D eigenvalue weighted by molar-refractivity contribution is 5.89. The van der Waals surface area contributed by atoms with Gasteiger partial charge in [-0.2, -0.15) is 0 Å². The highest BCUT2D eigenvalue weighted by atomic mass is 19.2. The third-order valence-electron chi connectivity index (χ3n) is 4.74. The number of nitrogens with one attached hydrogen (secondary N) is 2. The summed E-state index contributed by atoms with van der Waals surface area (Å²) in [6.45, 7) is 3.54. The average Bonchev–Trinajstić information content (AvgIpc) is 2.73. The molecule has 0 aliphatic heterocycles. The Balaban J connectivity index is 1.88. The van der Waals surface area contributed by atoms with Crippen molar-refractivity contribution in [3.05, 3.63) is 82.4 Å². The number of halogens is 4. The standard InChI is InChI=1S/C22H19F4N3O2/c1-11-4-3-5-17(28-22(30)29-27)14(11)10-31-18-7-6-13(8-12(18)2)19-20(25)15(23)9-16(24)21(19)26/h3-9H,10,27H2,1-2H3,(H2,28,29,30). The maximum Gasteiger partial charge on any atom is 0.333 e. The lowest BCUT2D eigenvalue weighted by Gasteiger charge is -2.16. The Kier molecular flexibility index (Phi) is 6.45. The minimum absolute atomic E-state index is 0.0314. The number of urea groups is 1. The molecule has 3 aromatic carbocycles. The van der Waals surface area contributed by atoms with Crippen LogP contribution in [0.4, 0.5) is 28.0 Å². The summed E-state index contributed by atoms with van der Waals surface area (Å²) in [5.41, 5.74) is 3.69. The van der Waals surface area contributed by atoms with Crippen LogP contribution in [0, 0.1) is 37.1 Å². The molecule has 0 aliphatic carbocycles. The van der Waals surface area contributed by atoms with E-state index in [1.807, 2.05) is 18.4 Å². The molecule has 0 fully saturated rings. The van der Waals surface area contributed by atoms with E-state index in [1.54, 1.807) is 19.1 Å². The van der Waals surface area contributed by atoms with E-state index in [0.29, 0.717) is 22.6 Å². The molecule has 0 saturated carbocycles. The Bertz CT molecular complexity index is 1130. The molecule has 0 saturated heterocycles. The summed E-state index contributed by atoms with van der Waals surface area (Å²) in [7, 11) is 0. The lowest BCUT2D eigenvalue weighted by Crippen LogP contribution is -2.34. The minimum atomic E-state index is -1.48. The number of nitrogens with two attached hydrogens (primary N) is 1. The zero-order valence-electron chi connectivity index (χ0n) is 16.7. The summed E-state index contributed by atoms with van der Waals surface area (Å²) in [5, 5.41) is 2.60. The number of hydrogen-bond acceptors (Lipinski definition) is 3. The number of aryl methyl sites for hydroxylation is 2. The highest BCUT2D eigenvalue weighted by Gasteiger charge is 2.21. The summed E-state index contributed by atoms with van der Waals surface area (Å²) in [4.78, 5) is 11.5. The summed E-state index contributed by atoms with van der Waals surface area (Å²) < 4.78 is 61.1. The van der Waals surface area contributed by atoms with Gasteiger partial charge in [-0.25, -0.2) is 28.2 Å². The van der Waals surface area contributed by atoms with E-state index in [4.69, 9.17) is 10.6 Å². The van der Waals surface area contributed by atoms with Crippen LogP contribution in [0.1, 0.15) is 16.7 Å². The average molecular weight is 433 g/mol. The van der Waals surface area contributed by atoms with E-state index in [-0.39, 0.29) is 18.2 Å². The number of benzene rings is 3. The topological polar surface area (TPSA) is 76.4 Å². The first-order valence-corrected chi connectivity index (χ1v) is 9.15. The van der Waals surface area contributed by atoms with E-state index in [2.05, 4.69) is 5.32 Å². The molecule has 5 nitrogen and oxygen atoms in total. The van der Waals surface area contributed by atoms with Gasteiger partial charge in [0.2, 0.25) is 0 Å². The van der Waals surface area contributed by atoms with Gasteiger partial charge in [-0.3, -0.25) is 5.43 Å². The van der Waals surface area contributed by atoms with E-state index >= 15 is 0 Å². The zero-order valence-corrected chi connectivity index (χ0v) is 16.7. The highest BCUT2D eigenvalue weighted by Crippen LogP contribution is 2.33. The van der Waals surface area contributed by atoms with Crippen molar-refractivity contribution < 1.29 is 27.1 Å². The Morgan fingerprint density at radius 3 is 2.26 bits per heavy atom. The van der Waals surface area contributed by atoms with E-state index in [0.717, 1.165) is 5.56 Å². The van der Waals surface area contributed by atoms with Crippen molar-refractivity contribution in [3.8, 4) is 16.9 Å². The number of carbonyl (C=O) groups excluding carboxylic acids is 1. The smallest absolute Gasteiger partial charge is 0.333 e. The molecule has 0 unspecified atom stereocenters. The lowest BCUT2D eigenvalue weighted by atomic mass is 10.0. The zero-order chi connectivity index (χ0) is 22.7. The maximum atomic E-state index is 14.1. The van der Waals surface area contributed by atoms with Gasteiger partial charge in [0.05, 0.1) is 5.56 Å². The third kappa shape index (κ3) is 4.61. The Morgan fingerprint density at radius 1 is 0.968 bits per heavy atom. The van der Waals surface area contributed by atoms with Gasteiger partial charge in [0.15, 0.2) is 23.3 Å². The molecule has 3 aromatic rings. The number of ether oxygens (including phenoxy) is 1. The van der Waals surface area contributed by atoms with Crippen LogP contribution in [-0.4, -0.2) is 6.03 Å². The van der Waals surface area contributed by atoms with Crippen LogP contribution < -0.4 is 21.3 Å². The van der Waals surface area contributed by atoms with Crippen LogP contribution in [0.15, 0.2) is 42.5 Å². The van der Waals surface area contributed by atoms with Gasteiger partial charge in [0.25, 0.3) is 0 Å². The van der Waals surface area contributed by atoms with Gasteiger partial charge in [0.1, 0.15) is 12.4 Å². The quantitative estimate of drug-likeness (QED) is 0.172. The second kappa shape index (κ2) is 9.05. The third-order valence-corrected chi connectivity index (χ3v) is 4.74. The molecule has 2 amide bonds. The summed E-state index contributed by atoms with van der Waals surface area (Å²) in [6, 6.07) is 8.97. The van der Waals surface area contributed by atoms with Crippen molar-refractivity contribution in [3.63, 3.8) is 0 Å². The minimum Gasteiger partial charge on any atom is -0.489 e. The Labute approximate surface area is 175 Å². The molecule has 0 spiro atoms. The molecule has 3 rings (SSSR count). The number of hydrazine groups is 1. The molecule has 0 heterocycles. The molecule has 31 heavy (non-hydrogen) atoms. The van der Waals surface area contributed by atoms with Gasteiger partial charge in [-0.15, -0.1) is 0 Å². The largest absolute Gasteiger partial charge is 0.489 e. The van der Waals surface area contributed by atoms with Crippen LogP contribution in [0.25, 0.3) is 11.1 Å². The summed E-state index contributed by atoms with van der Waals surface area (Å²) in [6.07, 6.45) is 0. The number of hydrogen-bond donors (Lipinski definition) is 3. The summed E-state index contributed by atoms with van der Waals surface area (Å²) in [5.74, 6) is -0.411. The first kappa shape index (κ1) is 22.1. The van der Waals surface area contributed by atoms with Crippen LogP contribution in [0.2, 0.25) is 0 Å². The Hall–Kier alpha value is -3.59. The molecule has 0 aliphatic rings. The van der Waals surface area contributed by atoms with Crippen LogP contribution >= 0.6 is 0 Å². The number of anilines is 1. The number of rotatable bonds is 5. The molecule has 0 atom stereocenters. The van der Waals surface area contributed by atoms with Gasteiger partial charge in [0, 0.05) is 17.3 Å². The molecule has 0 bridgehead atoms. The fourth-order valence-electron chi connectivity index (χ4n) is 3.11. The predicted octanol–water partition coefficient (Wildman–Crippen LogP) is 5.10. The maximum absolute atomic E-state index is 14.1. The first-order valence-electron chi connectivity index (χ1n) is 9.15. The number of amides is 2. The van der Waals surface area contributed by atoms with Crippen LogP contribution in [0.5, 0.6) is 5.75 Å². The molecular weight excluding hydrogens is 414 g/mol.